The number of fused-ring (bicyclic) bond motifs is 1. The van der Waals surface area contributed by atoms with Crippen molar-refractivity contribution in [3.8, 4) is 0 Å². The van der Waals surface area contributed by atoms with Gasteiger partial charge in [-0.05, 0) is 44.2 Å². The molecule has 0 aromatic heterocycles. The van der Waals surface area contributed by atoms with Crippen LogP contribution in [0.5, 0.6) is 0 Å². The number of hydrogen-bond acceptors (Lipinski definition) is 4. The number of para-hydroxylation sites is 1. The van der Waals surface area contributed by atoms with Crippen LogP contribution < -0.4 is 10.2 Å². The summed E-state index contributed by atoms with van der Waals surface area (Å²) in [7, 11) is 0. The zero-order valence-electron chi connectivity index (χ0n) is 17.3. The van der Waals surface area contributed by atoms with Crippen LogP contribution in [0.4, 0.5) is 5.69 Å². The summed E-state index contributed by atoms with van der Waals surface area (Å²) in [5.41, 5.74) is 2.21. The van der Waals surface area contributed by atoms with Gasteiger partial charge < -0.3 is 10.2 Å². The molecule has 1 fully saturated rings. The summed E-state index contributed by atoms with van der Waals surface area (Å²) in [5, 5.41) is 4.21. The van der Waals surface area contributed by atoms with Crippen LogP contribution in [0, 0.1) is 0 Å². The van der Waals surface area contributed by atoms with Crippen molar-refractivity contribution in [2.24, 2.45) is 4.99 Å². The second-order valence-electron chi connectivity index (χ2n) is 8.70. The lowest BCUT2D eigenvalue weighted by atomic mass is 9.97. The first-order valence-electron chi connectivity index (χ1n) is 11.0. The zero-order chi connectivity index (χ0) is 20.3. The van der Waals surface area contributed by atoms with Crippen molar-refractivity contribution in [2.45, 2.75) is 81.9 Å². The molecule has 1 aromatic rings. The SMILES string of the molecule is CC1(CC(=O)N2CCCc3ccccc32)SC(NC2CCCCCCC2)=NC1=O. The second kappa shape index (κ2) is 8.90. The largest absolute Gasteiger partial charge is 0.362 e. The van der Waals surface area contributed by atoms with E-state index in [9.17, 15) is 9.59 Å². The third kappa shape index (κ3) is 4.68. The fourth-order valence-electron chi connectivity index (χ4n) is 4.62. The van der Waals surface area contributed by atoms with Gasteiger partial charge in [-0.2, -0.15) is 4.99 Å². The third-order valence-electron chi connectivity index (χ3n) is 6.31. The highest BCUT2D eigenvalue weighted by molar-refractivity contribution is 8.16. The molecule has 1 saturated carbocycles. The number of carbonyl (C=O) groups excluding carboxylic acids is 2. The fourth-order valence-corrected chi connectivity index (χ4v) is 5.73. The smallest absolute Gasteiger partial charge is 0.265 e. The van der Waals surface area contributed by atoms with Gasteiger partial charge >= 0.3 is 0 Å². The predicted octanol–water partition coefficient (Wildman–Crippen LogP) is 4.45. The lowest BCUT2D eigenvalue weighted by Gasteiger charge is -2.31. The second-order valence-corrected chi connectivity index (χ2v) is 10.2. The molecule has 0 spiro atoms. The number of amidine groups is 1. The van der Waals surface area contributed by atoms with Crippen LogP contribution in [0.1, 0.15) is 70.3 Å². The van der Waals surface area contributed by atoms with Crippen LogP contribution in [0.3, 0.4) is 0 Å². The van der Waals surface area contributed by atoms with Crippen molar-refractivity contribution >= 4 is 34.4 Å². The highest BCUT2D eigenvalue weighted by Crippen LogP contribution is 2.38. The molecule has 2 heterocycles. The monoisotopic (exact) mass is 413 g/mol. The standard InChI is InChI=1S/C23H31N3O2S/c1-23(16-20(27)26-15-9-11-17-10-7-8-14-19(17)26)21(28)25-22(29-23)24-18-12-5-3-2-4-6-13-18/h7-8,10,14,18H,2-6,9,11-13,15-16H2,1H3,(H,24,25,28). The molecule has 0 saturated heterocycles. The van der Waals surface area contributed by atoms with E-state index in [0.29, 0.717) is 11.2 Å². The number of nitrogens with one attached hydrogen (secondary N) is 1. The van der Waals surface area contributed by atoms with Gasteiger partial charge in [0.15, 0.2) is 5.17 Å². The maximum Gasteiger partial charge on any atom is 0.265 e. The minimum absolute atomic E-state index is 0.0166. The zero-order valence-corrected chi connectivity index (χ0v) is 18.1. The number of amides is 2. The number of anilines is 1. The molecular formula is C23H31N3O2S. The molecule has 29 heavy (non-hydrogen) atoms. The van der Waals surface area contributed by atoms with E-state index in [1.165, 1.54) is 49.4 Å². The predicted molar refractivity (Wildman–Crippen MR) is 119 cm³/mol. The number of hydrogen-bond donors (Lipinski definition) is 1. The van der Waals surface area contributed by atoms with E-state index >= 15 is 0 Å². The molecule has 156 valence electrons. The van der Waals surface area contributed by atoms with E-state index in [4.69, 9.17) is 0 Å². The minimum Gasteiger partial charge on any atom is -0.362 e. The molecule has 1 aliphatic carbocycles. The van der Waals surface area contributed by atoms with Crippen LogP contribution in [0.15, 0.2) is 29.3 Å². The number of rotatable bonds is 3. The fraction of sp³-hybridized carbons (Fsp3) is 0.609. The molecule has 6 heteroatoms. The normalized spacial score (nSPS) is 25.8. The van der Waals surface area contributed by atoms with Gasteiger partial charge in [-0.3, -0.25) is 9.59 Å². The van der Waals surface area contributed by atoms with E-state index in [-0.39, 0.29) is 18.2 Å². The van der Waals surface area contributed by atoms with Gasteiger partial charge in [0.25, 0.3) is 5.91 Å². The Morgan fingerprint density at radius 1 is 1.17 bits per heavy atom. The Labute approximate surface area is 177 Å². The van der Waals surface area contributed by atoms with Gasteiger partial charge in [-0.15, -0.1) is 0 Å². The summed E-state index contributed by atoms with van der Waals surface area (Å²) in [4.78, 5) is 32.0. The highest BCUT2D eigenvalue weighted by Gasteiger charge is 2.44. The topological polar surface area (TPSA) is 61.8 Å². The molecule has 1 atom stereocenters. The van der Waals surface area contributed by atoms with Gasteiger partial charge in [0.05, 0.1) is 6.42 Å². The van der Waals surface area contributed by atoms with E-state index in [2.05, 4.69) is 16.4 Å². The third-order valence-corrected chi connectivity index (χ3v) is 7.48. The number of aryl methyl sites for hydroxylation is 1. The summed E-state index contributed by atoms with van der Waals surface area (Å²) in [6.45, 7) is 2.59. The molecule has 3 aliphatic rings. The average molecular weight is 414 g/mol. The maximum atomic E-state index is 13.1. The number of carbonyl (C=O) groups is 2. The van der Waals surface area contributed by atoms with Crippen LogP contribution in [-0.2, 0) is 16.0 Å². The van der Waals surface area contributed by atoms with Crippen molar-refractivity contribution in [2.75, 3.05) is 11.4 Å². The van der Waals surface area contributed by atoms with Crippen molar-refractivity contribution in [1.82, 2.24) is 5.32 Å². The first-order chi connectivity index (χ1) is 14.0. The van der Waals surface area contributed by atoms with Crippen LogP contribution in [0.25, 0.3) is 0 Å². The number of thioether (sulfide) groups is 1. The van der Waals surface area contributed by atoms with Gasteiger partial charge in [-0.1, -0.05) is 62.1 Å². The van der Waals surface area contributed by atoms with Crippen LogP contribution >= 0.6 is 11.8 Å². The molecule has 0 radical (unpaired) electrons. The highest BCUT2D eigenvalue weighted by atomic mass is 32.2. The lowest BCUT2D eigenvalue weighted by molar-refractivity contribution is -0.125. The Kier molecular flexibility index (Phi) is 6.28. The Morgan fingerprint density at radius 2 is 1.90 bits per heavy atom. The first kappa shape index (κ1) is 20.5. The van der Waals surface area contributed by atoms with E-state index < -0.39 is 4.75 Å². The Hall–Kier alpha value is -1.82. The Balaban J connectivity index is 1.39. The van der Waals surface area contributed by atoms with Gasteiger partial charge in [0.2, 0.25) is 5.91 Å². The van der Waals surface area contributed by atoms with E-state index in [1.807, 2.05) is 30.0 Å². The van der Waals surface area contributed by atoms with Crippen molar-refractivity contribution in [3.63, 3.8) is 0 Å². The summed E-state index contributed by atoms with van der Waals surface area (Å²) < 4.78 is -0.812. The molecule has 5 nitrogen and oxygen atoms in total. The molecule has 1 N–H and O–H groups in total. The number of aliphatic imine (C=N–C) groups is 1. The van der Waals surface area contributed by atoms with Gasteiger partial charge in [0, 0.05) is 18.3 Å². The van der Waals surface area contributed by atoms with E-state index in [0.717, 1.165) is 37.9 Å². The number of benzene rings is 1. The Bertz CT molecular complexity index is 801. The molecule has 2 aliphatic heterocycles. The summed E-state index contributed by atoms with van der Waals surface area (Å²) in [6.07, 6.45) is 10.8. The molecule has 0 bridgehead atoms. The van der Waals surface area contributed by atoms with Gasteiger partial charge in [0.1, 0.15) is 4.75 Å². The number of nitrogens with zero attached hydrogens (tertiary/aromatic N) is 2. The van der Waals surface area contributed by atoms with E-state index in [1.54, 1.807) is 0 Å². The van der Waals surface area contributed by atoms with Crippen LogP contribution in [0.2, 0.25) is 0 Å². The quantitative estimate of drug-likeness (QED) is 0.795. The summed E-state index contributed by atoms with van der Waals surface area (Å²) in [5.74, 6) is -0.169. The molecule has 1 aromatic carbocycles. The maximum absolute atomic E-state index is 13.1. The Morgan fingerprint density at radius 3 is 2.69 bits per heavy atom. The molecule has 1 unspecified atom stereocenters. The minimum atomic E-state index is -0.812. The summed E-state index contributed by atoms with van der Waals surface area (Å²) >= 11 is 1.44. The van der Waals surface area contributed by atoms with Crippen molar-refractivity contribution in [3.05, 3.63) is 29.8 Å². The first-order valence-corrected chi connectivity index (χ1v) is 11.8. The van der Waals surface area contributed by atoms with Crippen molar-refractivity contribution in [1.29, 1.82) is 0 Å². The van der Waals surface area contributed by atoms with Gasteiger partial charge in [-0.25, -0.2) is 0 Å². The molecule has 4 rings (SSSR count). The summed E-state index contributed by atoms with van der Waals surface area (Å²) in [6, 6.07) is 8.48. The molecule has 2 amide bonds. The van der Waals surface area contributed by atoms with Crippen LogP contribution in [-0.4, -0.2) is 34.3 Å². The molecular weight excluding hydrogens is 382 g/mol. The average Bonchev–Trinajstić information content (AvgIpc) is 2.96. The van der Waals surface area contributed by atoms with Crippen molar-refractivity contribution < 1.29 is 9.59 Å². The lowest BCUT2D eigenvalue weighted by Crippen LogP contribution is -2.41.